The molecule has 2 rings (SSSR count). The van der Waals surface area contributed by atoms with Gasteiger partial charge >= 0.3 is 0 Å². The van der Waals surface area contributed by atoms with Gasteiger partial charge in [0, 0.05) is 30.6 Å². The van der Waals surface area contributed by atoms with Gasteiger partial charge in [-0.15, -0.1) is 0 Å². The van der Waals surface area contributed by atoms with Crippen LogP contribution in [0, 0.1) is 0 Å². The van der Waals surface area contributed by atoms with Crippen molar-refractivity contribution in [2.75, 3.05) is 23.9 Å². The molecule has 1 heterocycles. The fraction of sp³-hybridized carbons (Fsp3) is 0.500. The van der Waals surface area contributed by atoms with Crippen molar-refractivity contribution in [3.05, 3.63) is 23.8 Å². The summed E-state index contributed by atoms with van der Waals surface area (Å²) in [4.78, 5) is 13.5. The highest BCUT2D eigenvalue weighted by molar-refractivity contribution is 5.99. The molecule has 0 aliphatic carbocycles. The minimum atomic E-state index is -0.112. The second-order valence-electron chi connectivity index (χ2n) is 5.41. The first kappa shape index (κ1) is 12.9. The number of nitrogens with zero attached hydrogens (tertiary/aromatic N) is 1. The van der Waals surface area contributed by atoms with Crippen molar-refractivity contribution in [3.8, 4) is 0 Å². The molecule has 0 bridgehead atoms. The van der Waals surface area contributed by atoms with Gasteiger partial charge in [0.15, 0.2) is 0 Å². The molecule has 0 saturated heterocycles. The number of fused-ring (bicyclic) bond motifs is 1. The molecule has 1 aliphatic heterocycles. The van der Waals surface area contributed by atoms with E-state index in [0.29, 0.717) is 12.8 Å². The van der Waals surface area contributed by atoms with Crippen LogP contribution in [-0.2, 0) is 11.2 Å². The summed E-state index contributed by atoms with van der Waals surface area (Å²) in [6, 6.07) is 6.00. The zero-order valence-electron chi connectivity index (χ0n) is 11.2. The molecule has 0 atom stereocenters. The molecule has 0 unspecified atom stereocenters. The summed E-state index contributed by atoms with van der Waals surface area (Å²) in [5.74, 6) is 0.0550. The highest BCUT2D eigenvalue weighted by atomic mass is 16.3. The van der Waals surface area contributed by atoms with Crippen LogP contribution in [0.2, 0.25) is 0 Å². The van der Waals surface area contributed by atoms with E-state index in [4.69, 9.17) is 5.11 Å². The van der Waals surface area contributed by atoms with E-state index in [2.05, 4.69) is 24.1 Å². The number of hydrogen-bond donors (Lipinski definition) is 2. The van der Waals surface area contributed by atoms with E-state index in [1.165, 1.54) is 0 Å². The van der Waals surface area contributed by atoms with Crippen LogP contribution in [0.4, 0.5) is 11.4 Å². The maximum atomic E-state index is 11.3. The molecule has 0 spiro atoms. The molecular weight excluding hydrogens is 228 g/mol. The highest BCUT2D eigenvalue weighted by Gasteiger charge is 2.25. The molecule has 1 aliphatic rings. The van der Waals surface area contributed by atoms with E-state index < -0.39 is 0 Å². The summed E-state index contributed by atoms with van der Waals surface area (Å²) < 4.78 is 0. The number of carbonyl (C=O) groups is 1. The van der Waals surface area contributed by atoms with Crippen molar-refractivity contribution in [1.29, 1.82) is 0 Å². The second kappa shape index (κ2) is 4.61. The molecule has 4 heteroatoms. The Morgan fingerprint density at radius 2 is 2.17 bits per heavy atom. The van der Waals surface area contributed by atoms with Gasteiger partial charge in [0.05, 0.1) is 6.42 Å². The zero-order chi connectivity index (χ0) is 13.3. The Kier molecular flexibility index (Phi) is 3.30. The van der Waals surface area contributed by atoms with Gasteiger partial charge in [0.2, 0.25) is 5.91 Å². The van der Waals surface area contributed by atoms with Gasteiger partial charge < -0.3 is 15.3 Å². The van der Waals surface area contributed by atoms with Crippen LogP contribution in [0.1, 0.15) is 25.8 Å². The first-order valence-electron chi connectivity index (χ1n) is 6.21. The number of amides is 1. The number of carbonyl (C=O) groups excluding carboxylic acids is 1. The highest BCUT2D eigenvalue weighted by Crippen LogP contribution is 2.31. The first-order chi connectivity index (χ1) is 8.44. The summed E-state index contributed by atoms with van der Waals surface area (Å²) in [5, 5.41) is 11.9. The lowest BCUT2D eigenvalue weighted by Crippen LogP contribution is -2.42. The first-order valence-corrected chi connectivity index (χ1v) is 6.21. The monoisotopic (exact) mass is 248 g/mol. The Hall–Kier alpha value is -1.55. The minimum Gasteiger partial charge on any atom is -0.396 e. The summed E-state index contributed by atoms with van der Waals surface area (Å²) in [6.45, 7) is 4.36. The van der Waals surface area contributed by atoms with Gasteiger partial charge in [-0.05, 0) is 44.0 Å². The number of aliphatic hydroxyl groups excluding tert-OH is 1. The molecule has 0 aromatic heterocycles. The third-order valence-electron chi connectivity index (χ3n) is 3.73. The fourth-order valence-corrected chi connectivity index (χ4v) is 2.22. The van der Waals surface area contributed by atoms with Gasteiger partial charge in [-0.25, -0.2) is 0 Å². The van der Waals surface area contributed by atoms with Gasteiger partial charge in [-0.1, -0.05) is 0 Å². The molecule has 1 amide bonds. The lowest BCUT2D eigenvalue weighted by atomic mass is 9.98. The van der Waals surface area contributed by atoms with E-state index in [0.717, 1.165) is 16.9 Å². The molecule has 1 aromatic carbocycles. The Morgan fingerprint density at radius 1 is 1.44 bits per heavy atom. The van der Waals surface area contributed by atoms with E-state index in [9.17, 15) is 4.79 Å². The van der Waals surface area contributed by atoms with E-state index in [1.54, 1.807) is 0 Å². The van der Waals surface area contributed by atoms with Crippen molar-refractivity contribution in [2.45, 2.75) is 32.2 Å². The van der Waals surface area contributed by atoms with Crippen LogP contribution in [-0.4, -0.2) is 30.2 Å². The van der Waals surface area contributed by atoms with Gasteiger partial charge in [-0.2, -0.15) is 0 Å². The van der Waals surface area contributed by atoms with E-state index in [-0.39, 0.29) is 18.1 Å². The Bertz CT molecular complexity index is 469. The summed E-state index contributed by atoms with van der Waals surface area (Å²) >= 11 is 0. The number of benzene rings is 1. The molecule has 18 heavy (non-hydrogen) atoms. The van der Waals surface area contributed by atoms with Crippen molar-refractivity contribution in [1.82, 2.24) is 0 Å². The minimum absolute atomic E-state index is 0.0550. The molecule has 1 aromatic rings. The summed E-state index contributed by atoms with van der Waals surface area (Å²) in [5.41, 5.74) is 2.92. The predicted molar refractivity (Wildman–Crippen MR) is 73.0 cm³/mol. The second-order valence-corrected chi connectivity index (χ2v) is 5.41. The SMILES string of the molecule is CN(c1ccc2c(c1)CC(=O)N2)C(C)(C)CCO. The fourth-order valence-electron chi connectivity index (χ4n) is 2.22. The summed E-state index contributed by atoms with van der Waals surface area (Å²) in [6.07, 6.45) is 1.16. The molecule has 2 N–H and O–H groups in total. The molecular formula is C14H20N2O2. The average molecular weight is 248 g/mol. The maximum absolute atomic E-state index is 11.3. The third kappa shape index (κ3) is 2.34. The van der Waals surface area contributed by atoms with Crippen LogP contribution >= 0.6 is 0 Å². The van der Waals surface area contributed by atoms with Crippen LogP contribution < -0.4 is 10.2 Å². The van der Waals surface area contributed by atoms with Gasteiger partial charge in [0.1, 0.15) is 0 Å². The van der Waals surface area contributed by atoms with Gasteiger partial charge in [-0.3, -0.25) is 4.79 Å². The number of anilines is 2. The van der Waals surface area contributed by atoms with Crippen molar-refractivity contribution < 1.29 is 9.90 Å². The standard InChI is InChI=1S/C14H20N2O2/c1-14(2,6-7-17)16(3)11-4-5-12-10(8-11)9-13(18)15-12/h4-5,8,17H,6-7,9H2,1-3H3,(H,15,18). The van der Waals surface area contributed by atoms with Crippen LogP contribution in [0.3, 0.4) is 0 Å². The zero-order valence-corrected chi connectivity index (χ0v) is 11.2. The predicted octanol–water partition coefficient (Wildman–Crippen LogP) is 1.78. The van der Waals surface area contributed by atoms with E-state index >= 15 is 0 Å². The smallest absolute Gasteiger partial charge is 0.228 e. The van der Waals surface area contributed by atoms with Crippen molar-refractivity contribution in [2.24, 2.45) is 0 Å². The third-order valence-corrected chi connectivity index (χ3v) is 3.73. The van der Waals surface area contributed by atoms with E-state index in [1.807, 2.05) is 25.2 Å². The molecule has 0 saturated carbocycles. The largest absolute Gasteiger partial charge is 0.396 e. The Morgan fingerprint density at radius 3 is 2.83 bits per heavy atom. The number of nitrogens with one attached hydrogen (secondary N) is 1. The number of hydrogen-bond acceptors (Lipinski definition) is 3. The lowest BCUT2D eigenvalue weighted by Gasteiger charge is -2.37. The summed E-state index contributed by atoms with van der Waals surface area (Å²) in [7, 11) is 2.02. The van der Waals surface area contributed by atoms with Crippen molar-refractivity contribution >= 4 is 17.3 Å². The van der Waals surface area contributed by atoms with Crippen LogP contribution in [0.5, 0.6) is 0 Å². The molecule has 0 radical (unpaired) electrons. The topological polar surface area (TPSA) is 52.6 Å². The Balaban J connectivity index is 2.25. The molecule has 0 fully saturated rings. The number of aliphatic hydroxyl groups is 1. The maximum Gasteiger partial charge on any atom is 0.228 e. The number of rotatable bonds is 4. The normalized spacial score (nSPS) is 14.3. The van der Waals surface area contributed by atoms with Gasteiger partial charge in [0.25, 0.3) is 0 Å². The lowest BCUT2D eigenvalue weighted by molar-refractivity contribution is -0.115. The van der Waals surface area contributed by atoms with Crippen LogP contribution in [0.25, 0.3) is 0 Å². The molecule has 4 nitrogen and oxygen atoms in total. The quantitative estimate of drug-likeness (QED) is 0.854. The molecule has 98 valence electrons. The van der Waals surface area contributed by atoms with Crippen molar-refractivity contribution in [3.63, 3.8) is 0 Å². The Labute approximate surface area is 108 Å². The average Bonchev–Trinajstić information content (AvgIpc) is 2.66. The van der Waals surface area contributed by atoms with Crippen LogP contribution in [0.15, 0.2) is 18.2 Å².